The average Bonchev–Trinajstić information content (AvgIpc) is 2.93. The van der Waals surface area contributed by atoms with Crippen LogP contribution in [0.2, 0.25) is 0 Å². The third-order valence-corrected chi connectivity index (χ3v) is 2.19. The summed E-state index contributed by atoms with van der Waals surface area (Å²) in [7, 11) is 0. The minimum absolute atomic E-state index is 0.177. The van der Waals surface area contributed by atoms with E-state index in [-0.39, 0.29) is 11.7 Å². The number of carbonyl (C=O) groups is 2. The Bertz CT molecular complexity index is 331. The second-order valence-corrected chi connectivity index (χ2v) is 4.97. The van der Waals surface area contributed by atoms with Crippen molar-refractivity contribution in [2.75, 3.05) is 0 Å². The van der Waals surface area contributed by atoms with Gasteiger partial charge in [0.25, 0.3) is 0 Å². The van der Waals surface area contributed by atoms with Crippen LogP contribution in [0.1, 0.15) is 33.6 Å². The van der Waals surface area contributed by atoms with Crippen molar-refractivity contribution in [1.29, 1.82) is 0 Å². The van der Waals surface area contributed by atoms with Gasteiger partial charge in [-0.15, -0.1) is 6.42 Å². The maximum absolute atomic E-state index is 11.5. The van der Waals surface area contributed by atoms with E-state index in [1.807, 2.05) is 5.92 Å². The van der Waals surface area contributed by atoms with E-state index in [9.17, 15) is 9.59 Å². The summed E-state index contributed by atoms with van der Waals surface area (Å²) in [4.78, 5) is 22.9. The number of Topliss-reactive ketones (excluding diaryl/α,β-unsaturated/α-hetero) is 1. The van der Waals surface area contributed by atoms with Gasteiger partial charge in [-0.3, -0.25) is 4.79 Å². The standard InChI is InChI=1S/C12H17NO3/c1-5-9(14)10(8-6-7-8)13-11(15)16-12(2,3)4/h1,8,10H,6-7H2,2-4H3,(H,13,15)/t10-/m0/s1. The predicted octanol–water partition coefficient (Wildman–Crippen LogP) is 1.49. The van der Waals surface area contributed by atoms with Gasteiger partial charge in [-0.05, 0) is 45.5 Å². The van der Waals surface area contributed by atoms with Crippen molar-refractivity contribution < 1.29 is 14.3 Å². The molecule has 0 heterocycles. The molecule has 0 saturated heterocycles. The van der Waals surface area contributed by atoms with Gasteiger partial charge in [-0.2, -0.15) is 0 Å². The first-order valence-corrected chi connectivity index (χ1v) is 5.33. The van der Waals surface area contributed by atoms with Gasteiger partial charge in [0, 0.05) is 0 Å². The lowest BCUT2D eigenvalue weighted by Gasteiger charge is -2.22. The smallest absolute Gasteiger partial charge is 0.408 e. The summed E-state index contributed by atoms with van der Waals surface area (Å²) in [6.45, 7) is 5.30. The fraction of sp³-hybridized carbons (Fsp3) is 0.667. The topological polar surface area (TPSA) is 55.4 Å². The molecule has 1 amide bonds. The molecule has 1 saturated carbocycles. The first-order chi connectivity index (χ1) is 7.33. The number of terminal acetylenes is 1. The van der Waals surface area contributed by atoms with Gasteiger partial charge in [0.05, 0.1) is 0 Å². The van der Waals surface area contributed by atoms with Crippen molar-refractivity contribution in [3.63, 3.8) is 0 Å². The van der Waals surface area contributed by atoms with Crippen LogP contribution in [0.5, 0.6) is 0 Å². The molecule has 0 unspecified atom stereocenters. The summed E-state index contributed by atoms with van der Waals surface area (Å²) in [5.74, 6) is 1.84. The van der Waals surface area contributed by atoms with Crippen LogP contribution in [0.3, 0.4) is 0 Å². The lowest BCUT2D eigenvalue weighted by atomic mass is 10.1. The van der Waals surface area contributed by atoms with Gasteiger partial charge in [-0.25, -0.2) is 4.79 Å². The first-order valence-electron chi connectivity index (χ1n) is 5.33. The van der Waals surface area contributed by atoms with Crippen LogP contribution in [0.25, 0.3) is 0 Å². The van der Waals surface area contributed by atoms with Gasteiger partial charge < -0.3 is 10.1 Å². The van der Waals surface area contributed by atoms with Crippen LogP contribution in [0.15, 0.2) is 0 Å². The Morgan fingerprint density at radius 1 is 1.44 bits per heavy atom. The highest BCUT2D eigenvalue weighted by atomic mass is 16.6. The quantitative estimate of drug-likeness (QED) is 0.582. The fourth-order valence-corrected chi connectivity index (χ4v) is 1.35. The van der Waals surface area contributed by atoms with E-state index in [1.54, 1.807) is 20.8 Å². The van der Waals surface area contributed by atoms with E-state index in [0.29, 0.717) is 0 Å². The van der Waals surface area contributed by atoms with E-state index < -0.39 is 17.7 Å². The number of hydrogen-bond donors (Lipinski definition) is 1. The Kier molecular flexibility index (Phi) is 3.58. The Balaban J connectivity index is 2.53. The molecule has 1 atom stereocenters. The van der Waals surface area contributed by atoms with E-state index >= 15 is 0 Å². The zero-order valence-corrected chi connectivity index (χ0v) is 9.87. The van der Waals surface area contributed by atoms with Gasteiger partial charge in [0.15, 0.2) is 0 Å². The molecular weight excluding hydrogens is 206 g/mol. The van der Waals surface area contributed by atoms with Crippen LogP contribution >= 0.6 is 0 Å². The molecule has 1 aliphatic rings. The molecule has 0 aliphatic heterocycles. The van der Waals surface area contributed by atoms with Crippen LogP contribution in [0, 0.1) is 18.3 Å². The van der Waals surface area contributed by atoms with Crippen molar-refractivity contribution >= 4 is 11.9 Å². The van der Waals surface area contributed by atoms with E-state index in [0.717, 1.165) is 12.8 Å². The van der Waals surface area contributed by atoms with Crippen molar-refractivity contribution in [1.82, 2.24) is 5.32 Å². The molecule has 4 heteroatoms. The molecule has 1 rings (SSSR count). The largest absolute Gasteiger partial charge is 0.444 e. The monoisotopic (exact) mass is 223 g/mol. The Morgan fingerprint density at radius 2 is 2.00 bits per heavy atom. The molecule has 16 heavy (non-hydrogen) atoms. The Hall–Kier alpha value is -1.50. The summed E-state index contributed by atoms with van der Waals surface area (Å²) >= 11 is 0. The number of carbonyl (C=O) groups excluding carboxylic acids is 2. The molecule has 1 aliphatic carbocycles. The molecule has 1 fully saturated rings. The number of amides is 1. The lowest BCUT2D eigenvalue weighted by molar-refractivity contribution is -0.116. The summed E-state index contributed by atoms with van der Waals surface area (Å²) in [5, 5.41) is 2.53. The molecule has 0 aromatic heterocycles. The Morgan fingerprint density at radius 3 is 2.38 bits per heavy atom. The van der Waals surface area contributed by atoms with Crippen molar-refractivity contribution in [3.8, 4) is 12.3 Å². The maximum atomic E-state index is 11.5. The molecule has 0 aromatic carbocycles. The first kappa shape index (κ1) is 12.6. The minimum atomic E-state index is -0.590. The minimum Gasteiger partial charge on any atom is -0.444 e. The highest BCUT2D eigenvalue weighted by Crippen LogP contribution is 2.33. The van der Waals surface area contributed by atoms with Gasteiger partial charge in [-0.1, -0.05) is 0 Å². The van der Waals surface area contributed by atoms with Crippen molar-refractivity contribution in [2.45, 2.75) is 45.3 Å². The number of rotatable bonds is 3. The lowest BCUT2D eigenvalue weighted by Crippen LogP contribution is -2.44. The zero-order valence-electron chi connectivity index (χ0n) is 9.87. The van der Waals surface area contributed by atoms with Crippen molar-refractivity contribution in [2.24, 2.45) is 5.92 Å². The van der Waals surface area contributed by atoms with Gasteiger partial charge in [0.1, 0.15) is 11.6 Å². The molecule has 88 valence electrons. The summed E-state index contributed by atoms with van der Waals surface area (Å²) in [6.07, 6.45) is 6.31. The molecule has 0 aromatic rings. The zero-order chi connectivity index (χ0) is 12.3. The van der Waals surface area contributed by atoms with E-state index in [2.05, 4.69) is 5.32 Å². The average molecular weight is 223 g/mol. The van der Waals surface area contributed by atoms with Gasteiger partial charge >= 0.3 is 6.09 Å². The highest BCUT2D eigenvalue weighted by Gasteiger charge is 2.37. The van der Waals surface area contributed by atoms with Crippen molar-refractivity contribution in [3.05, 3.63) is 0 Å². The predicted molar refractivity (Wildman–Crippen MR) is 59.7 cm³/mol. The molecule has 0 radical (unpaired) electrons. The second-order valence-electron chi connectivity index (χ2n) is 4.97. The summed E-state index contributed by atoms with van der Waals surface area (Å²) in [5.41, 5.74) is -0.572. The molecular formula is C12H17NO3. The van der Waals surface area contributed by atoms with Crippen LogP contribution < -0.4 is 5.32 Å². The fourth-order valence-electron chi connectivity index (χ4n) is 1.35. The third-order valence-electron chi connectivity index (χ3n) is 2.19. The second kappa shape index (κ2) is 4.56. The summed E-state index contributed by atoms with van der Waals surface area (Å²) in [6, 6.07) is -0.583. The van der Waals surface area contributed by atoms with Crippen LogP contribution in [0.4, 0.5) is 4.79 Å². The van der Waals surface area contributed by atoms with E-state index in [4.69, 9.17) is 11.2 Å². The Labute approximate surface area is 95.7 Å². The van der Waals surface area contributed by atoms with Crippen LogP contribution in [-0.4, -0.2) is 23.5 Å². The number of alkyl carbamates (subject to hydrolysis) is 1. The molecule has 4 nitrogen and oxygen atoms in total. The SMILES string of the molecule is C#CC(=O)[C@@H](NC(=O)OC(C)(C)C)C1CC1. The number of nitrogens with one attached hydrogen (secondary N) is 1. The molecule has 0 bridgehead atoms. The molecule has 0 spiro atoms. The number of ketones is 1. The third kappa shape index (κ3) is 3.93. The summed E-state index contributed by atoms with van der Waals surface area (Å²) < 4.78 is 5.07. The highest BCUT2D eigenvalue weighted by molar-refractivity contribution is 6.01. The maximum Gasteiger partial charge on any atom is 0.408 e. The van der Waals surface area contributed by atoms with E-state index in [1.165, 1.54) is 0 Å². The van der Waals surface area contributed by atoms with Gasteiger partial charge in [0.2, 0.25) is 5.78 Å². The number of ether oxygens (including phenoxy) is 1. The number of hydrogen-bond acceptors (Lipinski definition) is 3. The normalized spacial score (nSPS) is 17.1. The molecule has 1 N–H and O–H groups in total. The van der Waals surface area contributed by atoms with Crippen LogP contribution in [-0.2, 0) is 9.53 Å².